The highest BCUT2D eigenvalue weighted by Crippen LogP contribution is 2.34. The van der Waals surface area contributed by atoms with Crippen LogP contribution in [0.5, 0.6) is 5.75 Å². The minimum atomic E-state index is -4.06. The Morgan fingerprint density at radius 2 is 1.71 bits per heavy atom. The second-order valence-electron chi connectivity index (χ2n) is 7.35. The summed E-state index contributed by atoms with van der Waals surface area (Å²) < 4.78 is 27.3. The average molecular weight is 455 g/mol. The number of nitrogens with one attached hydrogen (secondary N) is 2. The van der Waals surface area contributed by atoms with Gasteiger partial charge in [0.05, 0.1) is 4.90 Å². The van der Waals surface area contributed by atoms with Crippen molar-refractivity contribution in [2.75, 3.05) is 5.32 Å². The summed E-state index contributed by atoms with van der Waals surface area (Å²) in [5, 5.41) is 13.0. The zero-order chi connectivity index (χ0) is 22.3. The number of carbonyl (C=O) groups is 1. The topological polar surface area (TPSA) is 99.3 Å². The molecule has 31 heavy (non-hydrogen) atoms. The molecular weight excluding hydrogens is 436 g/mol. The lowest BCUT2D eigenvalue weighted by molar-refractivity contribution is 0.102. The maximum absolute atomic E-state index is 13.7. The van der Waals surface area contributed by atoms with Crippen molar-refractivity contribution in [1.82, 2.24) is 4.98 Å². The van der Waals surface area contributed by atoms with Gasteiger partial charge >= 0.3 is 0 Å². The van der Waals surface area contributed by atoms with Gasteiger partial charge in [0.2, 0.25) is 9.84 Å². The number of anilines is 1. The normalized spacial score (nSPS) is 11.6. The summed E-state index contributed by atoms with van der Waals surface area (Å²) in [6.07, 6.45) is 0. The Morgan fingerprint density at radius 3 is 2.39 bits per heavy atom. The van der Waals surface area contributed by atoms with Crippen LogP contribution in [0.3, 0.4) is 0 Å². The van der Waals surface area contributed by atoms with Crippen molar-refractivity contribution in [2.45, 2.75) is 23.6 Å². The monoisotopic (exact) mass is 454 g/mol. The third-order valence-electron chi connectivity index (χ3n) is 4.82. The van der Waals surface area contributed by atoms with Crippen LogP contribution in [0.25, 0.3) is 10.9 Å². The van der Waals surface area contributed by atoms with Crippen molar-refractivity contribution >= 4 is 43.9 Å². The van der Waals surface area contributed by atoms with Crippen LogP contribution < -0.4 is 5.32 Å². The minimum Gasteiger partial charge on any atom is -0.508 e. The molecule has 0 fully saturated rings. The Morgan fingerprint density at radius 1 is 1.00 bits per heavy atom. The molecule has 4 rings (SSSR count). The Hall–Kier alpha value is -3.29. The molecule has 0 unspecified atom stereocenters. The molecule has 1 amide bonds. The van der Waals surface area contributed by atoms with E-state index in [2.05, 4.69) is 10.3 Å². The zero-order valence-corrected chi connectivity index (χ0v) is 18.3. The van der Waals surface area contributed by atoms with E-state index in [9.17, 15) is 18.3 Å². The molecule has 6 nitrogen and oxygen atoms in total. The Balaban J connectivity index is 1.93. The Labute approximate surface area is 184 Å². The van der Waals surface area contributed by atoms with Crippen molar-refractivity contribution < 1.29 is 18.3 Å². The maximum Gasteiger partial charge on any atom is 0.273 e. The first-order chi connectivity index (χ1) is 14.6. The van der Waals surface area contributed by atoms with E-state index in [1.54, 1.807) is 36.4 Å². The lowest BCUT2D eigenvalue weighted by atomic mass is 10.2. The van der Waals surface area contributed by atoms with Crippen LogP contribution in [0.15, 0.2) is 70.5 Å². The largest absolute Gasteiger partial charge is 0.508 e. The van der Waals surface area contributed by atoms with Crippen molar-refractivity contribution in [3.8, 4) is 5.75 Å². The fourth-order valence-corrected chi connectivity index (χ4v) is 5.52. The fourth-order valence-electron chi connectivity index (χ4n) is 3.56. The number of aryl methyl sites for hydroxylation is 2. The van der Waals surface area contributed by atoms with E-state index in [-0.39, 0.29) is 21.2 Å². The number of amides is 1. The van der Waals surface area contributed by atoms with Crippen molar-refractivity contribution in [3.05, 3.63) is 82.5 Å². The number of aromatic amines is 1. The van der Waals surface area contributed by atoms with Crippen molar-refractivity contribution in [2.24, 2.45) is 0 Å². The molecule has 0 aliphatic carbocycles. The van der Waals surface area contributed by atoms with E-state index in [1.165, 1.54) is 18.2 Å². The second-order valence-corrected chi connectivity index (χ2v) is 9.67. The molecule has 0 aliphatic heterocycles. The van der Waals surface area contributed by atoms with Gasteiger partial charge in [0.25, 0.3) is 5.91 Å². The summed E-state index contributed by atoms with van der Waals surface area (Å²) in [5.74, 6) is -0.676. The van der Waals surface area contributed by atoms with Gasteiger partial charge in [-0.25, -0.2) is 8.42 Å². The van der Waals surface area contributed by atoms with Crippen LogP contribution in [-0.4, -0.2) is 24.4 Å². The van der Waals surface area contributed by atoms with E-state index in [0.717, 1.165) is 11.1 Å². The summed E-state index contributed by atoms with van der Waals surface area (Å²) >= 11 is 6.14. The van der Waals surface area contributed by atoms with Crippen LogP contribution >= 0.6 is 11.6 Å². The van der Waals surface area contributed by atoms with E-state index in [1.807, 2.05) is 19.9 Å². The minimum absolute atomic E-state index is 0.0238. The van der Waals surface area contributed by atoms with Crippen LogP contribution in [0.2, 0.25) is 5.02 Å². The summed E-state index contributed by atoms with van der Waals surface area (Å²) in [6, 6.07) is 15.8. The molecule has 0 saturated heterocycles. The van der Waals surface area contributed by atoms with Gasteiger partial charge in [-0.05, 0) is 67.4 Å². The number of sulfone groups is 1. The molecule has 0 atom stereocenters. The highest BCUT2D eigenvalue weighted by Gasteiger charge is 2.30. The number of hydrogen-bond donors (Lipinski definition) is 3. The van der Waals surface area contributed by atoms with Gasteiger partial charge < -0.3 is 15.4 Å². The average Bonchev–Trinajstić information content (AvgIpc) is 3.06. The molecule has 3 aromatic carbocycles. The highest BCUT2D eigenvalue weighted by molar-refractivity contribution is 7.91. The molecule has 0 saturated carbocycles. The first-order valence-electron chi connectivity index (χ1n) is 9.40. The zero-order valence-electron chi connectivity index (χ0n) is 16.7. The molecule has 3 N–H and O–H groups in total. The molecule has 4 aromatic rings. The molecule has 1 aromatic heterocycles. The van der Waals surface area contributed by atoms with Crippen LogP contribution in [0, 0.1) is 13.8 Å². The number of aromatic nitrogens is 1. The number of rotatable bonds is 4. The second kappa shape index (κ2) is 7.76. The molecule has 8 heteroatoms. The number of aromatic hydroxyl groups is 1. The Kier molecular flexibility index (Phi) is 5.24. The quantitative estimate of drug-likeness (QED) is 0.393. The summed E-state index contributed by atoms with van der Waals surface area (Å²) in [4.78, 5) is 16.0. The lowest BCUT2D eigenvalue weighted by Gasteiger charge is -2.10. The summed E-state index contributed by atoms with van der Waals surface area (Å²) in [7, 11) is -4.06. The molecule has 0 spiro atoms. The van der Waals surface area contributed by atoms with Crippen LogP contribution in [0.1, 0.15) is 21.6 Å². The van der Waals surface area contributed by atoms with Gasteiger partial charge in [-0.1, -0.05) is 23.7 Å². The smallest absolute Gasteiger partial charge is 0.273 e. The van der Waals surface area contributed by atoms with E-state index < -0.39 is 15.7 Å². The number of hydrogen-bond acceptors (Lipinski definition) is 4. The first-order valence-corrected chi connectivity index (χ1v) is 11.3. The van der Waals surface area contributed by atoms with Gasteiger partial charge in [0, 0.05) is 27.7 Å². The molecule has 0 aliphatic rings. The number of benzene rings is 3. The van der Waals surface area contributed by atoms with Crippen LogP contribution in [0.4, 0.5) is 5.69 Å². The van der Waals surface area contributed by atoms with Crippen molar-refractivity contribution in [1.29, 1.82) is 0 Å². The number of phenolic OH excluding ortho intramolecular Hbond substituents is 1. The SMILES string of the molecule is Cc1cc(C)cc(S(=O)(=O)c2c(C(=O)Nc3cccc(O)c3)[nH]c3ccc(Cl)cc23)c1. The van der Waals surface area contributed by atoms with Crippen LogP contribution in [-0.2, 0) is 9.84 Å². The standard InChI is InChI=1S/C23H19ClN2O4S/c1-13-8-14(2)10-18(9-13)31(29,30)22-19-11-15(24)6-7-20(19)26-21(22)23(28)25-16-4-3-5-17(27)12-16/h3-12,26-27H,1-2H3,(H,25,28). The predicted molar refractivity (Wildman–Crippen MR) is 121 cm³/mol. The highest BCUT2D eigenvalue weighted by atomic mass is 35.5. The van der Waals surface area contributed by atoms with Gasteiger partial charge in [-0.2, -0.15) is 0 Å². The fraction of sp³-hybridized carbons (Fsp3) is 0.0870. The van der Waals surface area contributed by atoms with Gasteiger partial charge in [0.1, 0.15) is 16.3 Å². The van der Waals surface area contributed by atoms with Crippen molar-refractivity contribution in [3.63, 3.8) is 0 Å². The third kappa shape index (κ3) is 4.02. The molecule has 0 radical (unpaired) electrons. The van der Waals surface area contributed by atoms with E-state index in [4.69, 9.17) is 11.6 Å². The first kappa shape index (κ1) is 21.0. The number of fused-ring (bicyclic) bond motifs is 1. The number of phenols is 1. The van der Waals surface area contributed by atoms with E-state index in [0.29, 0.717) is 21.6 Å². The molecule has 1 heterocycles. The molecular formula is C23H19ClN2O4S. The lowest BCUT2D eigenvalue weighted by Crippen LogP contribution is -2.16. The summed E-state index contributed by atoms with van der Waals surface area (Å²) in [6.45, 7) is 3.63. The molecule has 158 valence electrons. The maximum atomic E-state index is 13.7. The third-order valence-corrected chi connectivity index (χ3v) is 6.87. The van der Waals surface area contributed by atoms with Gasteiger partial charge in [-0.3, -0.25) is 4.79 Å². The molecule has 0 bridgehead atoms. The van der Waals surface area contributed by atoms with E-state index >= 15 is 0 Å². The summed E-state index contributed by atoms with van der Waals surface area (Å²) in [5.41, 5.74) is 2.27. The van der Waals surface area contributed by atoms with Gasteiger partial charge in [-0.15, -0.1) is 0 Å². The van der Waals surface area contributed by atoms with Gasteiger partial charge in [0.15, 0.2) is 0 Å². The number of halogens is 1. The number of H-pyrrole nitrogens is 1. The Bertz CT molecular complexity index is 1420. The number of carbonyl (C=O) groups excluding carboxylic acids is 1. The predicted octanol–water partition coefficient (Wildman–Crippen LogP) is 5.23.